The lowest BCUT2D eigenvalue weighted by atomic mass is 9.95. The second-order valence-electron chi connectivity index (χ2n) is 8.49. The Balaban J connectivity index is 1.22. The highest BCUT2D eigenvalue weighted by atomic mass is 16.2. The Hall–Kier alpha value is -2.14. The first-order chi connectivity index (χ1) is 13.7. The molecule has 1 N–H and O–H groups in total. The van der Waals surface area contributed by atoms with Gasteiger partial charge in [-0.15, -0.1) is 0 Å². The van der Waals surface area contributed by atoms with Gasteiger partial charge in [-0.05, 0) is 68.5 Å². The van der Waals surface area contributed by atoms with Gasteiger partial charge >= 0.3 is 6.03 Å². The SMILES string of the molecule is CN(Cc1ccc2ncccc2c1)C(=O)NCC1CCN(C2CCCC2)CC1. The Morgan fingerprint density at radius 3 is 2.75 bits per heavy atom. The van der Waals surface area contributed by atoms with Crippen LogP contribution in [0.2, 0.25) is 0 Å². The van der Waals surface area contributed by atoms with Crippen LogP contribution in [0.5, 0.6) is 0 Å². The minimum Gasteiger partial charge on any atom is -0.338 e. The van der Waals surface area contributed by atoms with E-state index in [4.69, 9.17) is 0 Å². The Labute approximate surface area is 168 Å². The summed E-state index contributed by atoms with van der Waals surface area (Å²) in [6.45, 7) is 3.80. The maximum Gasteiger partial charge on any atom is 0.317 e. The van der Waals surface area contributed by atoms with Crippen LogP contribution in [0.4, 0.5) is 4.79 Å². The topological polar surface area (TPSA) is 48.5 Å². The summed E-state index contributed by atoms with van der Waals surface area (Å²) in [7, 11) is 1.87. The second-order valence-corrected chi connectivity index (χ2v) is 8.49. The van der Waals surface area contributed by atoms with Gasteiger partial charge in [-0.25, -0.2) is 4.79 Å². The molecule has 0 atom stereocenters. The summed E-state index contributed by atoms with van der Waals surface area (Å²) in [6.07, 6.45) is 9.80. The summed E-state index contributed by atoms with van der Waals surface area (Å²) in [6, 6.07) is 11.0. The molecule has 2 fully saturated rings. The van der Waals surface area contributed by atoms with E-state index in [0.717, 1.165) is 29.1 Å². The molecule has 4 rings (SSSR count). The molecule has 2 aliphatic rings. The van der Waals surface area contributed by atoms with Gasteiger partial charge in [-0.2, -0.15) is 0 Å². The summed E-state index contributed by atoms with van der Waals surface area (Å²) in [5.41, 5.74) is 2.12. The molecular formula is C23H32N4O. The molecule has 5 heteroatoms. The minimum absolute atomic E-state index is 0.0181. The van der Waals surface area contributed by atoms with Crippen molar-refractivity contribution < 1.29 is 4.79 Å². The lowest BCUT2D eigenvalue weighted by molar-refractivity contribution is 0.132. The normalized spacial score (nSPS) is 19.2. The van der Waals surface area contributed by atoms with Crippen molar-refractivity contribution in [1.82, 2.24) is 20.1 Å². The standard InChI is InChI=1S/C23H32N4O/c1-26(17-19-8-9-22-20(15-19)5-4-12-24-22)23(28)25-16-18-10-13-27(14-11-18)21-6-2-3-7-21/h4-5,8-9,12,15,18,21H,2-3,6-7,10-11,13-14,16-17H2,1H3,(H,25,28). The number of aromatic nitrogens is 1. The molecule has 2 amide bonds. The number of likely N-dealkylation sites (tertiary alicyclic amines) is 1. The maximum atomic E-state index is 12.5. The molecule has 28 heavy (non-hydrogen) atoms. The van der Waals surface area contributed by atoms with Crippen molar-refractivity contribution in [3.8, 4) is 0 Å². The summed E-state index contributed by atoms with van der Waals surface area (Å²) in [4.78, 5) is 21.3. The summed E-state index contributed by atoms with van der Waals surface area (Å²) in [5, 5.41) is 4.26. The molecule has 1 aromatic carbocycles. The number of carbonyl (C=O) groups is 1. The zero-order chi connectivity index (χ0) is 19.3. The third-order valence-corrected chi connectivity index (χ3v) is 6.47. The van der Waals surface area contributed by atoms with Gasteiger partial charge < -0.3 is 15.1 Å². The number of rotatable bonds is 5. The molecule has 2 heterocycles. The van der Waals surface area contributed by atoms with Crippen molar-refractivity contribution in [2.24, 2.45) is 5.92 Å². The van der Waals surface area contributed by atoms with Crippen LogP contribution in [0.25, 0.3) is 10.9 Å². The van der Waals surface area contributed by atoms with Gasteiger partial charge in [-0.3, -0.25) is 4.98 Å². The van der Waals surface area contributed by atoms with Crippen LogP contribution in [0, 0.1) is 5.92 Å². The highest BCUT2D eigenvalue weighted by molar-refractivity contribution is 5.79. The third-order valence-electron chi connectivity index (χ3n) is 6.47. The first kappa shape index (κ1) is 19.2. The van der Waals surface area contributed by atoms with Gasteiger partial charge in [0.2, 0.25) is 0 Å². The first-order valence-corrected chi connectivity index (χ1v) is 10.8. The number of hydrogen-bond donors (Lipinski definition) is 1. The lowest BCUT2D eigenvalue weighted by Crippen LogP contribution is -2.44. The van der Waals surface area contributed by atoms with E-state index < -0.39 is 0 Å². The van der Waals surface area contributed by atoms with Crippen LogP contribution in [0.3, 0.4) is 0 Å². The number of urea groups is 1. The Morgan fingerprint density at radius 1 is 1.18 bits per heavy atom. The molecular weight excluding hydrogens is 348 g/mol. The van der Waals surface area contributed by atoms with Crippen molar-refractivity contribution >= 4 is 16.9 Å². The Kier molecular flexibility index (Phi) is 6.10. The van der Waals surface area contributed by atoms with Gasteiger partial charge in [0, 0.05) is 37.8 Å². The summed E-state index contributed by atoms with van der Waals surface area (Å²) in [5.74, 6) is 0.613. The van der Waals surface area contributed by atoms with E-state index in [0.29, 0.717) is 12.5 Å². The summed E-state index contributed by atoms with van der Waals surface area (Å²) < 4.78 is 0. The number of piperidine rings is 1. The van der Waals surface area contributed by atoms with Gasteiger partial charge in [0.05, 0.1) is 5.52 Å². The molecule has 1 aliphatic carbocycles. The van der Waals surface area contributed by atoms with E-state index >= 15 is 0 Å². The number of fused-ring (bicyclic) bond motifs is 1. The maximum absolute atomic E-state index is 12.5. The van der Waals surface area contributed by atoms with Crippen LogP contribution in [-0.2, 0) is 6.54 Å². The molecule has 0 unspecified atom stereocenters. The van der Waals surface area contributed by atoms with E-state index in [-0.39, 0.29) is 6.03 Å². The number of benzene rings is 1. The van der Waals surface area contributed by atoms with Gasteiger partial charge in [0.15, 0.2) is 0 Å². The van der Waals surface area contributed by atoms with E-state index in [1.165, 1.54) is 51.6 Å². The van der Waals surface area contributed by atoms with Crippen molar-refractivity contribution in [3.63, 3.8) is 0 Å². The number of nitrogens with one attached hydrogen (secondary N) is 1. The predicted octanol–water partition coefficient (Wildman–Crippen LogP) is 4.03. The molecule has 150 valence electrons. The van der Waals surface area contributed by atoms with Crippen molar-refractivity contribution in [2.45, 2.75) is 51.1 Å². The van der Waals surface area contributed by atoms with Crippen molar-refractivity contribution in [3.05, 3.63) is 42.1 Å². The highest BCUT2D eigenvalue weighted by Gasteiger charge is 2.27. The van der Waals surface area contributed by atoms with Crippen LogP contribution >= 0.6 is 0 Å². The third kappa shape index (κ3) is 4.64. The highest BCUT2D eigenvalue weighted by Crippen LogP contribution is 2.27. The number of carbonyl (C=O) groups excluding carboxylic acids is 1. The number of nitrogens with zero attached hydrogens (tertiary/aromatic N) is 3. The minimum atomic E-state index is 0.0181. The van der Waals surface area contributed by atoms with E-state index in [2.05, 4.69) is 33.4 Å². The van der Waals surface area contributed by atoms with E-state index in [1.807, 2.05) is 19.2 Å². The van der Waals surface area contributed by atoms with Crippen LogP contribution in [0.15, 0.2) is 36.5 Å². The molecule has 1 aliphatic heterocycles. The molecule has 1 aromatic heterocycles. The van der Waals surface area contributed by atoms with Gasteiger partial charge in [0.25, 0.3) is 0 Å². The molecule has 5 nitrogen and oxygen atoms in total. The first-order valence-electron chi connectivity index (χ1n) is 10.8. The van der Waals surface area contributed by atoms with E-state index in [1.54, 1.807) is 11.1 Å². The van der Waals surface area contributed by atoms with E-state index in [9.17, 15) is 4.79 Å². The number of pyridine rings is 1. The molecule has 1 saturated carbocycles. The fraction of sp³-hybridized carbons (Fsp3) is 0.565. The van der Waals surface area contributed by atoms with Crippen molar-refractivity contribution in [1.29, 1.82) is 0 Å². The smallest absolute Gasteiger partial charge is 0.317 e. The average Bonchev–Trinajstić information content (AvgIpc) is 3.27. The largest absolute Gasteiger partial charge is 0.338 e. The van der Waals surface area contributed by atoms with Crippen LogP contribution < -0.4 is 5.32 Å². The van der Waals surface area contributed by atoms with Gasteiger partial charge in [-0.1, -0.05) is 25.0 Å². The number of hydrogen-bond acceptors (Lipinski definition) is 3. The molecule has 0 radical (unpaired) electrons. The predicted molar refractivity (Wildman–Crippen MR) is 113 cm³/mol. The van der Waals surface area contributed by atoms with Crippen LogP contribution in [0.1, 0.15) is 44.1 Å². The fourth-order valence-corrected chi connectivity index (χ4v) is 4.73. The van der Waals surface area contributed by atoms with Crippen LogP contribution in [-0.4, -0.2) is 53.5 Å². The molecule has 2 aromatic rings. The van der Waals surface area contributed by atoms with Gasteiger partial charge in [0.1, 0.15) is 0 Å². The molecule has 0 spiro atoms. The van der Waals surface area contributed by atoms with Crippen molar-refractivity contribution in [2.75, 3.05) is 26.7 Å². The molecule has 1 saturated heterocycles. The quantitative estimate of drug-likeness (QED) is 0.852. The zero-order valence-corrected chi connectivity index (χ0v) is 16.9. The average molecular weight is 381 g/mol. The lowest BCUT2D eigenvalue weighted by Gasteiger charge is -2.36. The fourth-order valence-electron chi connectivity index (χ4n) is 4.73. The number of amides is 2. The zero-order valence-electron chi connectivity index (χ0n) is 16.9. The monoisotopic (exact) mass is 380 g/mol. The summed E-state index contributed by atoms with van der Waals surface area (Å²) >= 11 is 0. The Bertz CT molecular complexity index is 794. The Morgan fingerprint density at radius 2 is 1.96 bits per heavy atom. The second kappa shape index (κ2) is 8.91. The molecule has 0 bridgehead atoms.